The first kappa shape index (κ1) is 14.3. The lowest BCUT2D eigenvalue weighted by atomic mass is 10.2. The Bertz CT molecular complexity index is 975. The summed E-state index contributed by atoms with van der Waals surface area (Å²) in [5.74, 6) is 0. The number of hydrogen-bond acceptors (Lipinski definition) is 4. The van der Waals surface area contributed by atoms with Gasteiger partial charge in [0, 0.05) is 0 Å². The molecule has 7 heteroatoms. The number of fused-ring (bicyclic) bond motifs is 1. The number of benzene rings is 2. The van der Waals surface area contributed by atoms with E-state index in [1.165, 1.54) is 19.1 Å². The van der Waals surface area contributed by atoms with Crippen LogP contribution in [-0.4, -0.2) is 17.3 Å². The number of nitrogens with zero attached hydrogens (tertiary/aromatic N) is 2. The predicted molar refractivity (Wildman–Crippen MR) is 82.4 cm³/mol. The minimum absolute atomic E-state index is 0.0914. The van der Waals surface area contributed by atoms with E-state index < -0.39 is 14.9 Å². The van der Waals surface area contributed by atoms with Gasteiger partial charge in [-0.2, -0.15) is 0 Å². The maximum Gasteiger partial charge on any atom is 0.298 e. The van der Waals surface area contributed by atoms with Gasteiger partial charge in [-0.1, -0.05) is 30.3 Å². The van der Waals surface area contributed by atoms with Crippen molar-refractivity contribution in [3.05, 3.63) is 70.4 Å². The first-order valence-electron chi connectivity index (χ1n) is 6.49. The van der Waals surface area contributed by atoms with Crippen molar-refractivity contribution < 1.29 is 13.3 Å². The van der Waals surface area contributed by atoms with Crippen LogP contribution in [0.5, 0.6) is 0 Å². The minimum atomic E-state index is -3.90. The molecule has 0 N–H and O–H groups in total. The lowest BCUT2D eigenvalue weighted by molar-refractivity contribution is -0.383. The summed E-state index contributed by atoms with van der Waals surface area (Å²) in [5, 5.41) is 11.6. The summed E-state index contributed by atoms with van der Waals surface area (Å²) in [6.45, 7) is 1.44. The van der Waals surface area contributed by atoms with Crippen molar-refractivity contribution in [3.8, 4) is 0 Å². The summed E-state index contributed by atoms with van der Waals surface area (Å²) in [5.41, 5.74) is 0.209. The van der Waals surface area contributed by atoms with Crippen LogP contribution in [0, 0.1) is 17.0 Å². The maximum atomic E-state index is 12.8. The van der Waals surface area contributed by atoms with Gasteiger partial charge in [0.2, 0.25) is 0 Å². The third-order valence-electron chi connectivity index (χ3n) is 3.49. The first-order chi connectivity index (χ1) is 10.4. The molecule has 112 valence electrons. The van der Waals surface area contributed by atoms with Crippen LogP contribution >= 0.6 is 0 Å². The molecule has 0 fully saturated rings. The highest BCUT2D eigenvalue weighted by Crippen LogP contribution is 2.34. The van der Waals surface area contributed by atoms with Crippen molar-refractivity contribution in [1.29, 1.82) is 0 Å². The summed E-state index contributed by atoms with van der Waals surface area (Å²) in [4.78, 5) is 10.9. The third-order valence-corrected chi connectivity index (χ3v) is 5.31. The van der Waals surface area contributed by atoms with Gasteiger partial charge in [-0.15, -0.1) is 0 Å². The lowest BCUT2D eigenvalue weighted by Crippen LogP contribution is -2.14. The summed E-state index contributed by atoms with van der Waals surface area (Å²) in [6, 6.07) is 14.3. The van der Waals surface area contributed by atoms with Gasteiger partial charge >= 0.3 is 0 Å². The highest BCUT2D eigenvalue weighted by molar-refractivity contribution is 7.90. The molecule has 0 aliphatic carbocycles. The Hall–Kier alpha value is -2.67. The van der Waals surface area contributed by atoms with E-state index in [0.29, 0.717) is 10.9 Å². The topological polar surface area (TPSA) is 82.2 Å². The lowest BCUT2D eigenvalue weighted by Gasteiger charge is -2.08. The molecule has 2 aromatic carbocycles. The van der Waals surface area contributed by atoms with Gasteiger partial charge in [0.1, 0.15) is 5.69 Å². The largest absolute Gasteiger partial charge is 0.298 e. The standard InChI is InChI=1S/C15H12N2O4S/c1-11-15(17(18)19)13-9-5-6-10-14(13)16(11)22(20,21)12-7-3-2-4-8-12/h2-10H,1H3. The molecule has 0 saturated carbocycles. The van der Waals surface area contributed by atoms with Gasteiger partial charge in [0.15, 0.2) is 0 Å². The Morgan fingerprint density at radius 2 is 1.59 bits per heavy atom. The normalized spacial score (nSPS) is 11.7. The van der Waals surface area contributed by atoms with E-state index >= 15 is 0 Å². The maximum absolute atomic E-state index is 12.8. The Morgan fingerprint density at radius 3 is 2.23 bits per heavy atom. The van der Waals surface area contributed by atoms with E-state index in [4.69, 9.17) is 0 Å². The Labute approximate surface area is 126 Å². The molecule has 1 aromatic heterocycles. The van der Waals surface area contributed by atoms with Crippen molar-refractivity contribution >= 4 is 26.6 Å². The zero-order valence-electron chi connectivity index (χ0n) is 11.6. The van der Waals surface area contributed by atoms with E-state index in [2.05, 4.69) is 0 Å². The number of para-hydroxylation sites is 1. The van der Waals surface area contributed by atoms with Crippen LogP contribution in [0.2, 0.25) is 0 Å². The van der Waals surface area contributed by atoms with Crippen molar-refractivity contribution in [3.63, 3.8) is 0 Å². The van der Waals surface area contributed by atoms with Crippen molar-refractivity contribution in [2.24, 2.45) is 0 Å². The molecule has 0 atom stereocenters. The summed E-state index contributed by atoms with van der Waals surface area (Å²) in [6.07, 6.45) is 0. The molecular weight excluding hydrogens is 304 g/mol. The van der Waals surface area contributed by atoms with Gasteiger partial charge < -0.3 is 0 Å². The van der Waals surface area contributed by atoms with Crippen LogP contribution in [0.15, 0.2) is 59.5 Å². The number of hydrogen-bond donors (Lipinski definition) is 0. The van der Waals surface area contributed by atoms with Crippen LogP contribution in [0.25, 0.3) is 10.9 Å². The van der Waals surface area contributed by atoms with Gasteiger partial charge in [-0.05, 0) is 31.2 Å². The second-order valence-electron chi connectivity index (χ2n) is 4.79. The predicted octanol–water partition coefficient (Wildman–Crippen LogP) is 3.09. The molecule has 3 rings (SSSR count). The fraction of sp³-hybridized carbons (Fsp3) is 0.0667. The zero-order chi connectivity index (χ0) is 15.9. The number of aromatic nitrogens is 1. The fourth-order valence-electron chi connectivity index (χ4n) is 2.56. The van der Waals surface area contributed by atoms with Crippen molar-refractivity contribution in [1.82, 2.24) is 3.97 Å². The summed E-state index contributed by atoms with van der Waals surface area (Å²) >= 11 is 0. The molecule has 0 amide bonds. The summed E-state index contributed by atoms with van der Waals surface area (Å²) in [7, 11) is -3.90. The third kappa shape index (κ3) is 1.98. The molecule has 0 saturated heterocycles. The van der Waals surface area contributed by atoms with Gasteiger partial charge in [0.05, 0.1) is 20.7 Å². The quantitative estimate of drug-likeness (QED) is 0.549. The molecule has 22 heavy (non-hydrogen) atoms. The highest BCUT2D eigenvalue weighted by Gasteiger charge is 2.29. The molecule has 6 nitrogen and oxygen atoms in total. The molecule has 0 radical (unpaired) electrons. The highest BCUT2D eigenvalue weighted by atomic mass is 32.2. The van der Waals surface area contributed by atoms with Crippen LogP contribution in [0.1, 0.15) is 5.69 Å². The molecular formula is C15H12N2O4S. The second kappa shape index (κ2) is 4.96. The van der Waals surface area contributed by atoms with Crippen LogP contribution in [0.3, 0.4) is 0 Å². The monoisotopic (exact) mass is 316 g/mol. The zero-order valence-corrected chi connectivity index (χ0v) is 12.4. The molecule has 0 aliphatic heterocycles. The molecule has 0 spiro atoms. The number of rotatable bonds is 3. The van der Waals surface area contributed by atoms with Crippen LogP contribution < -0.4 is 0 Å². The van der Waals surface area contributed by atoms with Crippen LogP contribution in [0.4, 0.5) is 5.69 Å². The Morgan fingerprint density at radius 1 is 1.00 bits per heavy atom. The SMILES string of the molecule is Cc1c([N+](=O)[O-])c2ccccc2n1S(=O)(=O)c1ccccc1. The molecule has 0 bridgehead atoms. The molecule has 3 aromatic rings. The number of nitro groups is 1. The van der Waals surface area contributed by atoms with Crippen molar-refractivity contribution in [2.75, 3.05) is 0 Å². The van der Waals surface area contributed by atoms with E-state index in [1.54, 1.807) is 42.5 Å². The Balaban J connectivity index is 2.42. The fourth-order valence-corrected chi connectivity index (χ4v) is 4.14. The van der Waals surface area contributed by atoms with E-state index in [-0.39, 0.29) is 16.3 Å². The van der Waals surface area contributed by atoms with Gasteiger partial charge in [-0.3, -0.25) is 10.1 Å². The average Bonchev–Trinajstić information content (AvgIpc) is 2.80. The Kier molecular flexibility index (Phi) is 3.22. The average molecular weight is 316 g/mol. The van der Waals surface area contributed by atoms with E-state index in [9.17, 15) is 18.5 Å². The first-order valence-corrected chi connectivity index (χ1v) is 7.93. The smallest absolute Gasteiger partial charge is 0.258 e. The molecule has 0 unspecified atom stereocenters. The van der Waals surface area contributed by atoms with Gasteiger partial charge in [0.25, 0.3) is 15.7 Å². The van der Waals surface area contributed by atoms with E-state index in [0.717, 1.165) is 3.97 Å². The molecule has 1 heterocycles. The van der Waals surface area contributed by atoms with Crippen molar-refractivity contribution in [2.45, 2.75) is 11.8 Å². The van der Waals surface area contributed by atoms with Gasteiger partial charge in [-0.25, -0.2) is 12.4 Å². The minimum Gasteiger partial charge on any atom is -0.258 e. The second-order valence-corrected chi connectivity index (χ2v) is 6.58. The molecule has 0 aliphatic rings. The van der Waals surface area contributed by atoms with Crippen LogP contribution in [-0.2, 0) is 10.0 Å². The summed E-state index contributed by atoms with van der Waals surface area (Å²) < 4.78 is 26.7. The van der Waals surface area contributed by atoms with E-state index in [1.807, 2.05) is 0 Å².